The van der Waals surface area contributed by atoms with Crippen LogP contribution in [-0.2, 0) is 20.2 Å². The minimum absolute atomic E-state index is 0.0521. The number of sulfonamides is 1. The molecule has 1 aliphatic rings. The Morgan fingerprint density at radius 1 is 1.08 bits per heavy atom. The zero-order chi connectivity index (χ0) is 29.2. The van der Waals surface area contributed by atoms with Crippen LogP contribution in [0.1, 0.15) is 57.5 Å². The summed E-state index contributed by atoms with van der Waals surface area (Å²) < 4.78 is 32.0. The van der Waals surface area contributed by atoms with E-state index in [1.807, 2.05) is 41.5 Å². The second-order valence-corrected chi connectivity index (χ2v) is 13.6. The quantitative estimate of drug-likeness (QED) is 0.440. The number of ether oxygens (including phenoxy) is 1. The van der Waals surface area contributed by atoms with E-state index in [0.29, 0.717) is 23.5 Å². The summed E-state index contributed by atoms with van der Waals surface area (Å²) >= 11 is 0. The van der Waals surface area contributed by atoms with Gasteiger partial charge in [-0.05, 0) is 46.7 Å². The monoisotopic (exact) mass is 558 g/mol. The van der Waals surface area contributed by atoms with Gasteiger partial charge >= 0.3 is 0 Å². The Balaban J connectivity index is 1.83. The van der Waals surface area contributed by atoms with Crippen molar-refractivity contribution in [3.8, 4) is 5.75 Å². The first-order valence-electron chi connectivity index (χ1n) is 12.5. The molecular weight excluding hydrogens is 520 g/mol. The topological polar surface area (TPSA) is 142 Å². The lowest BCUT2D eigenvalue weighted by molar-refractivity contribution is -0.122. The van der Waals surface area contributed by atoms with Gasteiger partial charge in [-0.25, -0.2) is 13.4 Å². The summed E-state index contributed by atoms with van der Waals surface area (Å²) in [7, 11) is -2.20. The second-order valence-electron chi connectivity index (χ2n) is 11.8. The van der Waals surface area contributed by atoms with Gasteiger partial charge in [0.15, 0.2) is 11.8 Å². The Bertz CT molecular complexity index is 1380. The molecular formula is C27H38N6O5S. The summed E-state index contributed by atoms with van der Waals surface area (Å²) in [6.07, 6.45) is 1.05. The fraction of sp³-hybridized carbons (Fsp3) is 0.481. The smallest absolute Gasteiger partial charge is 0.255 e. The normalized spacial score (nSPS) is 15.7. The van der Waals surface area contributed by atoms with E-state index in [0.717, 1.165) is 11.8 Å². The van der Waals surface area contributed by atoms with Crippen LogP contribution in [-0.4, -0.2) is 52.7 Å². The van der Waals surface area contributed by atoms with Gasteiger partial charge in [0.1, 0.15) is 0 Å². The molecule has 1 aliphatic heterocycles. The molecule has 0 bridgehead atoms. The number of nitrogens with one attached hydrogen (secondary N) is 3. The zero-order valence-corrected chi connectivity index (χ0v) is 24.6. The fourth-order valence-electron chi connectivity index (χ4n) is 3.78. The number of hydrogen-bond donors (Lipinski definition) is 3. The van der Waals surface area contributed by atoms with Gasteiger partial charge in [0.2, 0.25) is 15.9 Å². The highest BCUT2D eigenvalue weighted by Gasteiger charge is 2.28. The average molecular weight is 559 g/mol. The van der Waals surface area contributed by atoms with Crippen molar-refractivity contribution in [2.24, 2.45) is 15.8 Å². The van der Waals surface area contributed by atoms with E-state index in [-0.39, 0.29) is 34.7 Å². The molecule has 2 aromatic rings. The van der Waals surface area contributed by atoms with Crippen LogP contribution in [0.5, 0.6) is 5.75 Å². The van der Waals surface area contributed by atoms with E-state index >= 15 is 0 Å². The lowest BCUT2D eigenvalue weighted by Crippen LogP contribution is -2.40. The van der Waals surface area contributed by atoms with Crippen molar-refractivity contribution >= 4 is 38.9 Å². The maximum atomic E-state index is 13.3. The fourth-order valence-corrected chi connectivity index (χ4v) is 4.33. The van der Waals surface area contributed by atoms with Crippen molar-refractivity contribution in [2.75, 3.05) is 41.5 Å². The summed E-state index contributed by atoms with van der Waals surface area (Å²) in [5.41, 5.74) is 1.90. The van der Waals surface area contributed by atoms with Crippen molar-refractivity contribution in [1.29, 1.82) is 0 Å². The number of nitrogens with zero attached hydrogens (tertiary/aromatic N) is 3. The standard InChI is InChI=1S/C27H38N6O5S/c1-26(2,3)16-28-25(35)22-15-33(32-30-22)19-11-9-10-17(12-19)24(34)29-20-13-18(27(4,5)6)14-21(23(20)38-7)31-39(8,36)37/h9-14,22,31H,15-16H2,1-8H3,(H,28,35)(H,29,34). The van der Waals surface area contributed by atoms with Crippen LogP contribution >= 0.6 is 0 Å². The van der Waals surface area contributed by atoms with E-state index in [9.17, 15) is 18.0 Å². The van der Waals surface area contributed by atoms with E-state index < -0.39 is 22.0 Å². The maximum absolute atomic E-state index is 13.3. The van der Waals surface area contributed by atoms with Crippen LogP contribution in [0.3, 0.4) is 0 Å². The van der Waals surface area contributed by atoms with Gasteiger partial charge in [0.05, 0.1) is 37.0 Å². The Morgan fingerprint density at radius 2 is 1.74 bits per heavy atom. The molecule has 0 radical (unpaired) electrons. The molecule has 0 saturated heterocycles. The van der Waals surface area contributed by atoms with Crippen LogP contribution in [0.15, 0.2) is 46.7 Å². The molecule has 212 valence electrons. The number of carbonyl (C=O) groups excluding carboxylic acids is 2. The molecule has 1 unspecified atom stereocenters. The van der Waals surface area contributed by atoms with Crippen LogP contribution in [0.4, 0.5) is 17.1 Å². The SMILES string of the molecule is COc1c(NC(=O)c2cccc(N3CC(C(=O)NCC(C)(C)C)N=N3)c2)cc(C(C)(C)C)cc1NS(C)(=O)=O. The summed E-state index contributed by atoms with van der Waals surface area (Å²) in [6, 6.07) is 9.61. The average Bonchev–Trinajstić information content (AvgIpc) is 3.31. The maximum Gasteiger partial charge on any atom is 0.255 e. The third-order valence-corrected chi connectivity index (χ3v) is 6.44. The Morgan fingerprint density at radius 3 is 2.33 bits per heavy atom. The van der Waals surface area contributed by atoms with Crippen molar-refractivity contribution in [3.05, 3.63) is 47.5 Å². The van der Waals surface area contributed by atoms with Crippen molar-refractivity contribution in [2.45, 2.75) is 53.0 Å². The highest BCUT2D eigenvalue weighted by atomic mass is 32.2. The van der Waals surface area contributed by atoms with Crippen molar-refractivity contribution < 1.29 is 22.7 Å². The van der Waals surface area contributed by atoms with Crippen molar-refractivity contribution in [3.63, 3.8) is 0 Å². The lowest BCUT2D eigenvalue weighted by Gasteiger charge is -2.24. The first-order valence-corrected chi connectivity index (χ1v) is 14.4. The van der Waals surface area contributed by atoms with E-state index in [1.54, 1.807) is 41.4 Å². The predicted octanol–water partition coefficient (Wildman–Crippen LogP) is 4.33. The molecule has 0 spiro atoms. The zero-order valence-electron chi connectivity index (χ0n) is 23.7. The number of anilines is 3. The molecule has 12 heteroatoms. The van der Waals surface area contributed by atoms with Crippen LogP contribution in [0, 0.1) is 5.41 Å². The molecule has 0 aromatic heterocycles. The molecule has 3 N–H and O–H groups in total. The molecule has 0 aliphatic carbocycles. The Kier molecular flexibility index (Phi) is 8.59. The Labute approximate surface area is 230 Å². The summed E-state index contributed by atoms with van der Waals surface area (Å²) in [5.74, 6) is -0.438. The summed E-state index contributed by atoms with van der Waals surface area (Å²) in [5, 5.41) is 15.6. The van der Waals surface area contributed by atoms with Crippen LogP contribution in [0.25, 0.3) is 0 Å². The largest absolute Gasteiger partial charge is 0.492 e. The van der Waals surface area contributed by atoms with Crippen LogP contribution in [0.2, 0.25) is 0 Å². The van der Waals surface area contributed by atoms with Gasteiger partial charge in [-0.1, -0.05) is 52.8 Å². The van der Waals surface area contributed by atoms with E-state index in [1.165, 1.54) is 7.11 Å². The first kappa shape index (κ1) is 29.9. The third-order valence-electron chi connectivity index (χ3n) is 5.85. The molecule has 39 heavy (non-hydrogen) atoms. The first-order chi connectivity index (χ1) is 18.0. The number of benzene rings is 2. The molecule has 3 rings (SSSR count). The molecule has 2 amide bonds. The Hall–Kier alpha value is -3.67. The van der Waals surface area contributed by atoms with Gasteiger partial charge in [0.25, 0.3) is 5.91 Å². The van der Waals surface area contributed by atoms with Gasteiger partial charge < -0.3 is 15.4 Å². The summed E-state index contributed by atoms with van der Waals surface area (Å²) in [4.78, 5) is 25.8. The molecule has 11 nitrogen and oxygen atoms in total. The predicted molar refractivity (Wildman–Crippen MR) is 153 cm³/mol. The van der Waals surface area contributed by atoms with E-state index in [2.05, 4.69) is 25.7 Å². The highest BCUT2D eigenvalue weighted by Crippen LogP contribution is 2.39. The molecule has 2 aromatic carbocycles. The number of rotatable bonds is 8. The molecule has 0 saturated carbocycles. The third kappa shape index (κ3) is 8.16. The number of carbonyl (C=O) groups is 2. The van der Waals surface area contributed by atoms with Crippen LogP contribution < -0.4 is 25.1 Å². The second kappa shape index (κ2) is 11.2. The van der Waals surface area contributed by atoms with E-state index in [4.69, 9.17) is 4.74 Å². The van der Waals surface area contributed by atoms with Gasteiger partial charge in [0, 0.05) is 12.1 Å². The van der Waals surface area contributed by atoms with Crippen molar-refractivity contribution in [1.82, 2.24) is 5.32 Å². The van der Waals surface area contributed by atoms with Gasteiger partial charge in [-0.3, -0.25) is 14.3 Å². The van der Waals surface area contributed by atoms with Gasteiger partial charge in [-0.2, -0.15) is 5.11 Å². The number of methoxy groups -OCH3 is 1. The molecule has 1 heterocycles. The number of hydrogen-bond acceptors (Lipinski definition) is 8. The lowest BCUT2D eigenvalue weighted by atomic mass is 9.86. The molecule has 1 atom stereocenters. The summed E-state index contributed by atoms with van der Waals surface area (Å²) in [6.45, 7) is 12.8. The van der Waals surface area contributed by atoms with Gasteiger partial charge in [-0.15, -0.1) is 0 Å². The minimum Gasteiger partial charge on any atom is -0.492 e. The number of amides is 2. The molecule has 0 fully saturated rings. The minimum atomic E-state index is -3.60. The highest BCUT2D eigenvalue weighted by molar-refractivity contribution is 7.92.